The summed E-state index contributed by atoms with van der Waals surface area (Å²) in [6.07, 6.45) is 2.95. The molecular weight excluding hydrogens is 267 g/mol. The summed E-state index contributed by atoms with van der Waals surface area (Å²) >= 11 is 0. The molecular formula is C13H13FN2O4. The van der Waals surface area contributed by atoms with Crippen LogP contribution in [-0.4, -0.2) is 29.1 Å². The first-order valence-corrected chi connectivity index (χ1v) is 6.45. The summed E-state index contributed by atoms with van der Waals surface area (Å²) < 4.78 is 19.1. The smallest absolute Gasteiger partial charge is 0.304 e. The molecule has 0 aliphatic carbocycles. The van der Waals surface area contributed by atoms with Crippen LogP contribution in [0.25, 0.3) is 0 Å². The largest absolute Gasteiger partial charge is 0.373 e. The third-order valence-electron chi connectivity index (χ3n) is 3.83. The molecule has 2 aliphatic rings. The molecule has 3 rings (SSSR count). The monoisotopic (exact) mass is 280 g/mol. The molecule has 1 amide bonds. The first-order chi connectivity index (χ1) is 9.54. The van der Waals surface area contributed by atoms with E-state index in [2.05, 4.69) is 5.32 Å². The molecule has 7 heteroatoms. The summed E-state index contributed by atoms with van der Waals surface area (Å²) in [5, 5.41) is 13.3. The predicted octanol–water partition coefficient (Wildman–Crippen LogP) is 1.78. The first kappa shape index (κ1) is 13.0. The first-order valence-electron chi connectivity index (χ1n) is 6.45. The number of fused-ring (bicyclic) bond motifs is 2. The van der Waals surface area contributed by atoms with Crippen molar-refractivity contribution < 1.29 is 18.8 Å². The van der Waals surface area contributed by atoms with E-state index in [-0.39, 0.29) is 23.8 Å². The Kier molecular flexibility index (Phi) is 3.13. The molecule has 1 aromatic carbocycles. The fourth-order valence-electron chi connectivity index (χ4n) is 2.84. The molecule has 0 radical (unpaired) electrons. The Bertz CT molecular complexity index is 577. The van der Waals surface area contributed by atoms with Gasteiger partial charge in [0.25, 0.3) is 5.91 Å². The van der Waals surface area contributed by atoms with E-state index in [1.165, 1.54) is 6.07 Å². The molecule has 3 atom stereocenters. The molecule has 2 saturated heterocycles. The van der Waals surface area contributed by atoms with Crippen LogP contribution < -0.4 is 5.32 Å². The molecule has 2 heterocycles. The fraction of sp³-hybridized carbons (Fsp3) is 0.462. The molecule has 106 valence electrons. The predicted molar refractivity (Wildman–Crippen MR) is 66.8 cm³/mol. The molecule has 2 fully saturated rings. The van der Waals surface area contributed by atoms with Gasteiger partial charge >= 0.3 is 5.69 Å². The van der Waals surface area contributed by atoms with Crippen LogP contribution in [0.2, 0.25) is 0 Å². The number of hydrogen-bond donors (Lipinski definition) is 1. The van der Waals surface area contributed by atoms with Gasteiger partial charge in [-0.3, -0.25) is 14.9 Å². The normalized spacial score (nSPS) is 27.6. The van der Waals surface area contributed by atoms with Gasteiger partial charge in [-0.15, -0.1) is 0 Å². The Hall–Kier alpha value is -2.02. The molecule has 20 heavy (non-hydrogen) atoms. The van der Waals surface area contributed by atoms with E-state index in [1.807, 2.05) is 0 Å². The van der Waals surface area contributed by atoms with Crippen LogP contribution in [0, 0.1) is 15.9 Å². The Labute approximate surface area is 114 Å². The van der Waals surface area contributed by atoms with Crippen molar-refractivity contribution in [1.29, 1.82) is 0 Å². The van der Waals surface area contributed by atoms with Crippen LogP contribution in [-0.2, 0) is 4.74 Å². The number of benzene rings is 1. The lowest BCUT2D eigenvalue weighted by Gasteiger charge is -2.19. The van der Waals surface area contributed by atoms with E-state index in [4.69, 9.17) is 4.74 Å². The maximum atomic E-state index is 13.5. The lowest BCUT2D eigenvalue weighted by atomic mass is 9.95. The van der Waals surface area contributed by atoms with E-state index < -0.39 is 22.3 Å². The van der Waals surface area contributed by atoms with Crippen molar-refractivity contribution in [3.63, 3.8) is 0 Å². The summed E-state index contributed by atoms with van der Waals surface area (Å²) in [5.41, 5.74) is -0.555. The topological polar surface area (TPSA) is 81.5 Å². The maximum absolute atomic E-state index is 13.5. The van der Waals surface area contributed by atoms with E-state index >= 15 is 0 Å². The number of amides is 1. The number of nitrogens with one attached hydrogen (secondary N) is 1. The number of nitrogens with zero attached hydrogens (tertiary/aromatic N) is 1. The average Bonchev–Trinajstić information content (AvgIpc) is 3.00. The van der Waals surface area contributed by atoms with Crippen LogP contribution in [0.4, 0.5) is 10.1 Å². The molecule has 3 unspecified atom stereocenters. The number of nitro benzene ring substituents is 1. The van der Waals surface area contributed by atoms with Gasteiger partial charge in [-0.05, 0) is 31.4 Å². The third-order valence-corrected chi connectivity index (χ3v) is 3.83. The summed E-state index contributed by atoms with van der Waals surface area (Å²) in [4.78, 5) is 21.7. The van der Waals surface area contributed by atoms with Gasteiger partial charge in [-0.2, -0.15) is 4.39 Å². The van der Waals surface area contributed by atoms with Gasteiger partial charge < -0.3 is 10.1 Å². The Morgan fingerprint density at radius 3 is 2.80 bits per heavy atom. The highest BCUT2D eigenvalue weighted by Gasteiger charge is 2.41. The summed E-state index contributed by atoms with van der Waals surface area (Å²) in [6.45, 7) is 0. The van der Waals surface area contributed by atoms with Crippen molar-refractivity contribution in [2.45, 2.75) is 37.5 Å². The number of carbonyl (C=O) groups excluding carboxylic acids is 1. The summed E-state index contributed by atoms with van der Waals surface area (Å²) in [7, 11) is 0. The molecule has 2 aliphatic heterocycles. The molecule has 0 aromatic heterocycles. The number of carbonyl (C=O) groups is 1. The van der Waals surface area contributed by atoms with Crippen LogP contribution in [0.1, 0.15) is 29.6 Å². The van der Waals surface area contributed by atoms with Crippen molar-refractivity contribution >= 4 is 11.6 Å². The van der Waals surface area contributed by atoms with Crippen LogP contribution in [0.5, 0.6) is 0 Å². The van der Waals surface area contributed by atoms with Crippen LogP contribution >= 0.6 is 0 Å². The number of nitro groups is 1. The summed E-state index contributed by atoms with van der Waals surface area (Å²) in [5.74, 6) is -1.44. The van der Waals surface area contributed by atoms with Crippen LogP contribution in [0.15, 0.2) is 18.2 Å². The lowest BCUT2D eigenvalue weighted by Crippen LogP contribution is -2.41. The van der Waals surface area contributed by atoms with Gasteiger partial charge in [0.2, 0.25) is 5.82 Å². The zero-order valence-electron chi connectivity index (χ0n) is 10.5. The average molecular weight is 280 g/mol. The minimum absolute atomic E-state index is 0.0341. The standard InChI is InChI=1S/C13H13FN2O4/c14-9-5-7(1-3-11(9)16(18)19)13(17)15-10-6-8-2-4-12(10)20-8/h1,3,5,8,10,12H,2,4,6H2,(H,15,17). The third kappa shape index (κ3) is 2.24. The highest BCUT2D eigenvalue weighted by molar-refractivity contribution is 5.94. The number of halogens is 1. The quantitative estimate of drug-likeness (QED) is 0.676. The zero-order valence-corrected chi connectivity index (χ0v) is 10.5. The van der Waals surface area contributed by atoms with Crippen molar-refractivity contribution in [3.05, 3.63) is 39.7 Å². The Morgan fingerprint density at radius 1 is 1.45 bits per heavy atom. The molecule has 1 N–H and O–H groups in total. The molecule has 0 saturated carbocycles. The number of rotatable bonds is 3. The lowest BCUT2D eigenvalue weighted by molar-refractivity contribution is -0.387. The minimum atomic E-state index is -1.01. The molecule has 6 nitrogen and oxygen atoms in total. The highest BCUT2D eigenvalue weighted by Crippen LogP contribution is 2.34. The molecule has 2 bridgehead atoms. The van der Waals surface area contributed by atoms with Crippen LogP contribution in [0.3, 0.4) is 0 Å². The number of hydrogen-bond acceptors (Lipinski definition) is 4. The van der Waals surface area contributed by atoms with Crippen molar-refractivity contribution in [3.8, 4) is 0 Å². The van der Waals surface area contributed by atoms with Gasteiger partial charge in [0.15, 0.2) is 0 Å². The second-order valence-corrected chi connectivity index (χ2v) is 5.11. The fourth-order valence-corrected chi connectivity index (χ4v) is 2.84. The van der Waals surface area contributed by atoms with Gasteiger partial charge in [0.1, 0.15) is 0 Å². The highest BCUT2D eigenvalue weighted by atomic mass is 19.1. The van der Waals surface area contributed by atoms with E-state index in [0.717, 1.165) is 31.4 Å². The number of ether oxygens (including phenoxy) is 1. The van der Waals surface area contributed by atoms with Gasteiger partial charge in [-0.1, -0.05) is 0 Å². The second kappa shape index (κ2) is 4.82. The maximum Gasteiger partial charge on any atom is 0.304 e. The van der Waals surface area contributed by atoms with Gasteiger partial charge in [-0.25, -0.2) is 0 Å². The van der Waals surface area contributed by atoms with Crippen molar-refractivity contribution in [2.75, 3.05) is 0 Å². The van der Waals surface area contributed by atoms with Gasteiger partial charge in [0, 0.05) is 11.6 Å². The molecule has 1 aromatic rings. The Balaban J connectivity index is 1.71. The minimum Gasteiger partial charge on any atom is -0.373 e. The van der Waals surface area contributed by atoms with Crippen molar-refractivity contribution in [1.82, 2.24) is 5.32 Å². The Morgan fingerprint density at radius 2 is 2.25 bits per heavy atom. The van der Waals surface area contributed by atoms with Gasteiger partial charge in [0.05, 0.1) is 23.2 Å². The van der Waals surface area contributed by atoms with E-state index in [1.54, 1.807) is 0 Å². The zero-order chi connectivity index (χ0) is 14.3. The second-order valence-electron chi connectivity index (χ2n) is 5.11. The van der Waals surface area contributed by atoms with Crippen molar-refractivity contribution in [2.24, 2.45) is 0 Å². The van der Waals surface area contributed by atoms with E-state index in [9.17, 15) is 19.3 Å². The summed E-state index contributed by atoms with van der Waals surface area (Å²) in [6, 6.07) is 3.09. The van der Waals surface area contributed by atoms with E-state index in [0.29, 0.717) is 0 Å². The SMILES string of the molecule is O=C(NC1CC2CCC1O2)c1ccc([N+](=O)[O-])c(F)c1. The molecule has 0 spiro atoms.